The molecule has 3 N–H and O–H groups in total. The molecule has 1 heterocycles. The molecule has 1 amide bonds. The lowest BCUT2D eigenvalue weighted by atomic mass is 9.93. The first-order chi connectivity index (χ1) is 15.8. The zero-order chi connectivity index (χ0) is 24.2. The second-order valence-electron chi connectivity index (χ2n) is 8.22. The topological polar surface area (TPSA) is 130 Å². The van der Waals surface area contributed by atoms with Gasteiger partial charge in [-0.25, -0.2) is 0 Å². The average molecular weight is 460 g/mol. The van der Waals surface area contributed by atoms with Crippen molar-refractivity contribution in [2.24, 2.45) is 0 Å². The second kappa shape index (κ2) is 13.5. The predicted molar refractivity (Wildman–Crippen MR) is 123 cm³/mol. The Labute approximate surface area is 194 Å². The van der Waals surface area contributed by atoms with Crippen LogP contribution in [0.5, 0.6) is 5.75 Å². The molecule has 1 aliphatic carbocycles. The Morgan fingerprint density at radius 1 is 1.21 bits per heavy atom. The van der Waals surface area contributed by atoms with Gasteiger partial charge < -0.3 is 25.3 Å². The number of fused-ring (bicyclic) bond motifs is 1. The standard InChI is InChI=1S/C23H33N3O4.CO2/c1-15(2)29-12-11-28-14-22(27)26-17-7-9-18(10-8-17)30-21-6-4-5-20-23(21)19(24)13-16(3)25-20;2-1-3/h4-6,13,15,17-18H,7-12,14H2,1-3H3,(H2,24,25)(H,26,27);. The number of ether oxygens (including phenoxy) is 3. The summed E-state index contributed by atoms with van der Waals surface area (Å²) >= 11 is 0. The molecular weight excluding hydrogens is 426 g/mol. The van der Waals surface area contributed by atoms with Gasteiger partial charge in [-0.2, -0.15) is 9.59 Å². The van der Waals surface area contributed by atoms with E-state index in [0.717, 1.165) is 48.0 Å². The molecule has 0 radical (unpaired) electrons. The lowest BCUT2D eigenvalue weighted by molar-refractivity contribution is -0.191. The number of rotatable bonds is 9. The summed E-state index contributed by atoms with van der Waals surface area (Å²) in [6.07, 6.45) is 4.04. The smallest absolute Gasteiger partial charge is 0.373 e. The maximum atomic E-state index is 12.1. The normalized spacial score (nSPS) is 17.7. The van der Waals surface area contributed by atoms with E-state index in [9.17, 15) is 4.79 Å². The fourth-order valence-electron chi connectivity index (χ4n) is 3.80. The van der Waals surface area contributed by atoms with Crippen molar-refractivity contribution in [2.75, 3.05) is 25.6 Å². The molecule has 2 aromatic rings. The third-order valence-electron chi connectivity index (χ3n) is 5.20. The molecule has 9 nitrogen and oxygen atoms in total. The summed E-state index contributed by atoms with van der Waals surface area (Å²) in [4.78, 5) is 32.9. The molecule has 0 spiro atoms. The fourth-order valence-corrected chi connectivity index (χ4v) is 3.80. The molecule has 0 atom stereocenters. The number of benzene rings is 1. The monoisotopic (exact) mass is 459 g/mol. The van der Waals surface area contributed by atoms with Crippen LogP contribution in [0.4, 0.5) is 5.69 Å². The Morgan fingerprint density at radius 3 is 2.58 bits per heavy atom. The number of amides is 1. The molecule has 33 heavy (non-hydrogen) atoms. The van der Waals surface area contributed by atoms with Crippen LogP contribution in [-0.4, -0.2) is 55.1 Å². The highest BCUT2D eigenvalue weighted by molar-refractivity contribution is 5.95. The average Bonchev–Trinajstić information content (AvgIpc) is 2.75. The molecule has 0 bridgehead atoms. The number of nitrogens with two attached hydrogens (primary N) is 1. The molecule has 3 rings (SSSR count). The minimum atomic E-state index is -0.0767. The van der Waals surface area contributed by atoms with E-state index in [4.69, 9.17) is 29.5 Å². The highest BCUT2D eigenvalue weighted by Crippen LogP contribution is 2.33. The molecule has 1 saturated carbocycles. The summed E-state index contributed by atoms with van der Waals surface area (Å²) in [7, 11) is 0. The molecule has 0 unspecified atom stereocenters. The number of hydrogen-bond acceptors (Lipinski definition) is 8. The van der Waals surface area contributed by atoms with E-state index in [1.807, 2.05) is 45.0 Å². The van der Waals surface area contributed by atoms with Crippen LogP contribution in [0.3, 0.4) is 0 Å². The number of hydrogen-bond donors (Lipinski definition) is 2. The number of aromatic nitrogens is 1. The van der Waals surface area contributed by atoms with Crippen molar-refractivity contribution < 1.29 is 28.6 Å². The summed E-state index contributed by atoms with van der Waals surface area (Å²) in [5, 5.41) is 3.93. The molecule has 1 aromatic heterocycles. The van der Waals surface area contributed by atoms with Gasteiger partial charge in [-0.05, 0) is 64.7 Å². The Hall–Kier alpha value is -3.00. The van der Waals surface area contributed by atoms with Crippen molar-refractivity contribution in [3.05, 3.63) is 30.0 Å². The van der Waals surface area contributed by atoms with Crippen molar-refractivity contribution in [3.8, 4) is 5.75 Å². The van der Waals surface area contributed by atoms with E-state index in [2.05, 4.69) is 10.3 Å². The van der Waals surface area contributed by atoms with Crippen LogP contribution in [0.25, 0.3) is 10.9 Å². The quantitative estimate of drug-likeness (QED) is 0.548. The van der Waals surface area contributed by atoms with Crippen molar-refractivity contribution >= 4 is 28.6 Å². The van der Waals surface area contributed by atoms with Crippen molar-refractivity contribution in [1.29, 1.82) is 0 Å². The van der Waals surface area contributed by atoms with Gasteiger partial charge in [0.2, 0.25) is 5.91 Å². The SMILES string of the molecule is Cc1cc(N)c2c(OC3CCC(NC(=O)COCCOC(C)C)CC3)cccc2n1.O=C=O. The Balaban J connectivity index is 0.00000122. The molecule has 1 fully saturated rings. The van der Waals surface area contributed by atoms with E-state index >= 15 is 0 Å². The highest BCUT2D eigenvalue weighted by atomic mass is 16.5. The zero-order valence-corrected chi connectivity index (χ0v) is 19.5. The van der Waals surface area contributed by atoms with Gasteiger partial charge in [-0.3, -0.25) is 9.78 Å². The minimum absolute atomic E-state index is 0.0690. The molecule has 0 aliphatic heterocycles. The number of aryl methyl sites for hydroxylation is 1. The molecule has 1 aromatic carbocycles. The third kappa shape index (κ3) is 8.81. The Kier molecular flexibility index (Phi) is 10.8. The Bertz CT molecular complexity index is 935. The van der Waals surface area contributed by atoms with E-state index in [1.165, 1.54) is 0 Å². The van der Waals surface area contributed by atoms with Crippen LogP contribution < -0.4 is 15.8 Å². The van der Waals surface area contributed by atoms with Gasteiger partial charge in [-0.1, -0.05) is 6.07 Å². The van der Waals surface area contributed by atoms with Gasteiger partial charge >= 0.3 is 6.15 Å². The molecule has 1 aliphatic rings. The van der Waals surface area contributed by atoms with Crippen LogP contribution in [0.2, 0.25) is 0 Å². The van der Waals surface area contributed by atoms with E-state index in [0.29, 0.717) is 18.9 Å². The van der Waals surface area contributed by atoms with Crippen molar-refractivity contribution in [3.63, 3.8) is 0 Å². The minimum Gasteiger partial charge on any atom is -0.490 e. The van der Waals surface area contributed by atoms with Gasteiger partial charge in [0.1, 0.15) is 12.4 Å². The summed E-state index contributed by atoms with van der Waals surface area (Å²) < 4.78 is 17.0. The lowest BCUT2D eigenvalue weighted by Gasteiger charge is -2.30. The first-order valence-corrected chi connectivity index (χ1v) is 11.1. The van der Waals surface area contributed by atoms with Gasteiger partial charge in [0.15, 0.2) is 0 Å². The first kappa shape index (κ1) is 26.3. The maximum absolute atomic E-state index is 12.1. The summed E-state index contributed by atoms with van der Waals surface area (Å²) in [5.74, 6) is 0.703. The van der Waals surface area contributed by atoms with Crippen LogP contribution in [0.1, 0.15) is 45.2 Å². The largest absolute Gasteiger partial charge is 0.490 e. The number of nitrogens with zero attached hydrogens (tertiary/aromatic N) is 1. The summed E-state index contributed by atoms with van der Waals surface area (Å²) in [5.41, 5.74) is 8.66. The number of carbonyl (C=O) groups excluding carboxylic acids is 3. The van der Waals surface area contributed by atoms with Gasteiger partial charge in [0, 0.05) is 17.4 Å². The van der Waals surface area contributed by atoms with E-state index in [1.54, 1.807) is 0 Å². The predicted octanol–water partition coefficient (Wildman–Crippen LogP) is 2.79. The highest BCUT2D eigenvalue weighted by Gasteiger charge is 2.24. The van der Waals surface area contributed by atoms with Gasteiger partial charge in [0.05, 0.1) is 36.3 Å². The fraction of sp³-hybridized carbons (Fsp3) is 0.542. The summed E-state index contributed by atoms with van der Waals surface area (Å²) in [6.45, 7) is 6.87. The number of nitrogens with one attached hydrogen (secondary N) is 1. The third-order valence-corrected chi connectivity index (χ3v) is 5.20. The van der Waals surface area contributed by atoms with Crippen molar-refractivity contribution in [1.82, 2.24) is 10.3 Å². The van der Waals surface area contributed by atoms with Crippen molar-refractivity contribution in [2.45, 2.75) is 64.7 Å². The molecule has 180 valence electrons. The first-order valence-electron chi connectivity index (χ1n) is 11.1. The summed E-state index contributed by atoms with van der Waals surface area (Å²) in [6, 6.07) is 7.88. The number of carbonyl (C=O) groups is 1. The number of nitrogen functional groups attached to an aromatic ring is 1. The maximum Gasteiger partial charge on any atom is 0.373 e. The van der Waals surface area contributed by atoms with E-state index in [-0.39, 0.29) is 36.9 Å². The van der Waals surface area contributed by atoms with Gasteiger partial charge in [-0.15, -0.1) is 0 Å². The molecular formula is C24H33N3O6. The number of pyridine rings is 1. The molecule has 0 saturated heterocycles. The van der Waals surface area contributed by atoms with Crippen LogP contribution in [0, 0.1) is 6.92 Å². The van der Waals surface area contributed by atoms with Crippen LogP contribution in [0.15, 0.2) is 24.3 Å². The lowest BCUT2D eigenvalue weighted by Crippen LogP contribution is -2.41. The second-order valence-corrected chi connectivity index (χ2v) is 8.22. The van der Waals surface area contributed by atoms with E-state index < -0.39 is 0 Å². The molecule has 9 heteroatoms. The van der Waals surface area contributed by atoms with Crippen LogP contribution >= 0.6 is 0 Å². The zero-order valence-electron chi connectivity index (χ0n) is 19.5. The Morgan fingerprint density at radius 2 is 1.91 bits per heavy atom. The van der Waals surface area contributed by atoms with Crippen LogP contribution in [-0.2, 0) is 23.9 Å². The number of anilines is 1. The van der Waals surface area contributed by atoms with Gasteiger partial charge in [0.25, 0.3) is 0 Å².